The molecule has 4 rings (SSSR count). The lowest BCUT2D eigenvalue weighted by atomic mass is 10.1. The van der Waals surface area contributed by atoms with Gasteiger partial charge in [0.1, 0.15) is 5.75 Å². The highest BCUT2D eigenvalue weighted by Gasteiger charge is 2.13. The Hall–Kier alpha value is -3.59. The van der Waals surface area contributed by atoms with E-state index >= 15 is 0 Å². The number of hydrogen-bond acceptors (Lipinski definition) is 5. The molecule has 4 aromatic rings. The summed E-state index contributed by atoms with van der Waals surface area (Å²) < 4.78 is 11.1. The summed E-state index contributed by atoms with van der Waals surface area (Å²) in [5.74, 6) is 0.379. The first kappa shape index (κ1) is 22.6. The Kier molecular flexibility index (Phi) is 6.50. The van der Waals surface area contributed by atoms with Crippen LogP contribution in [0, 0.1) is 20.8 Å². The molecular formula is C23H26ClN7O2. The van der Waals surface area contributed by atoms with Gasteiger partial charge in [0.25, 0.3) is 5.91 Å². The number of amides is 1. The zero-order valence-electron chi connectivity index (χ0n) is 19.0. The van der Waals surface area contributed by atoms with E-state index in [1.54, 1.807) is 34.0 Å². The average molecular weight is 468 g/mol. The van der Waals surface area contributed by atoms with E-state index in [1.807, 2.05) is 43.8 Å². The Morgan fingerprint density at radius 3 is 2.58 bits per heavy atom. The topological polar surface area (TPSA) is 91.8 Å². The molecule has 0 aliphatic heterocycles. The fourth-order valence-electron chi connectivity index (χ4n) is 3.53. The second-order valence-electron chi connectivity index (χ2n) is 7.84. The SMILES string of the molecule is CCn1ncc(Cn2cc(NC(=O)c3ccn(COc4cc(C)c(Cl)c(C)c4)n3)cn2)c1C. The summed E-state index contributed by atoms with van der Waals surface area (Å²) in [5.41, 5.74) is 4.97. The molecule has 0 saturated carbocycles. The lowest BCUT2D eigenvalue weighted by molar-refractivity contribution is 0.102. The van der Waals surface area contributed by atoms with E-state index < -0.39 is 0 Å². The number of rotatable bonds is 8. The number of nitrogens with one attached hydrogen (secondary N) is 1. The van der Waals surface area contributed by atoms with Gasteiger partial charge < -0.3 is 10.1 Å². The molecule has 10 heteroatoms. The molecule has 0 radical (unpaired) electrons. The first-order chi connectivity index (χ1) is 15.8. The molecular weight excluding hydrogens is 442 g/mol. The number of carbonyl (C=O) groups excluding carboxylic acids is 1. The lowest BCUT2D eigenvalue weighted by Gasteiger charge is -2.10. The Morgan fingerprint density at radius 2 is 1.88 bits per heavy atom. The van der Waals surface area contributed by atoms with E-state index in [1.165, 1.54) is 0 Å². The summed E-state index contributed by atoms with van der Waals surface area (Å²) in [6.07, 6.45) is 6.94. The summed E-state index contributed by atoms with van der Waals surface area (Å²) in [5, 5.41) is 16.5. The van der Waals surface area contributed by atoms with E-state index in [2.05, 4.69) is 27.5 Å². The first-order valence-corrected chi connectivity index (χ1v) is 11.0. The summed E-state index contributed by atoms with van der Waals surface area (Å²) in [6, 6.07) is 5.39. The Balaban J connectivity index is 1.34. The number of anilines is 1. The minimum atomic E-state index is -0.318. The van der Waals surface area contributed by atoms with Gasteiger partial charge in [0.2, 0.25) is 0 Å². The van der Waals surface area contributed by atoms with Gasteiger partial charge in [-0.25, -0.2) is 4.68 Å². The number of nitrogens with zero attached hydrogens (tertiary/aromatic N) is 6. The van der Waals surface area contributed by atoms with Crippen LogP contribution < -0.4 is 10.1 Å². The number of halogens is 1. The highest BCUT2D eigenvalue weighted by molar-refractivity contribution is 6.32. The number of benzene rings is 1. The molecule has 1 N–H and O–H groups in total. The van der Waals surface area contributed by atoms with Crippen LogP contribution in [0.25, 0.3) is 0 Å². The second-order valence-corrected chi connectivity index (χ2v) is 8.21. The van der Waals surface area contributed by atoms with Gasteiger partial charge in [0.15, 0.2) is 12.4 Å². The highest BCUT2D eigenvalue weighted by atomic mass is 35.5. The van der Waals surface area contributed by atoms with Gasteiger partial charge in [-0.2, -0.15) is 15.3 Å². The van der Waals surface area contributed by atoms with Crippen molar-refractivity contribution in [2.45, 2.75) is 47.5 Å². The van der Waals surface area contributed by atoms with E-state index in [-0.39, 0.29) is 18.3 Å². The van der Waals surface area contributed by atoms with Gasteiger partial charge in [-0.3, -0.25) is 14.2 Å². The highest BCUT2D eigenvalue weighted by Crippen LogP contribution is 2.26. The third-order valence-electron chi connectivity index (χ3n) is 5.37. The second kappa shape index (κ2) is 9.50. The van der Waals surface area contributed by atoms with Crippen molar-refractivity contribution in [1.29, 1.82) is 0 Å². The van der Waals surface area contributed by atoms with Crippen LogP contribution in [0.4, 0.5) is 5.69 Å². The molecule has 1 amide bonds. The molecule has 3 aromatic heterocycles. The quantitative estimate of drug-likeness (QED) is 0.419. The molecule has 0 aliphatic carbocycles. The predicted molar refractivity (Wildman–Crippen MR) is 126 cm³/mol. The summed E-state index contributed by atoms with van der Waals surface area (Å²) in [4.78, 5) is 12.6. The Bertz CT molecular complexity index is 1260. The maximum Gasteiger partial charge on any atom is 0.276 e. The van der Waals surface area contributed by atoms with Crippen molar-refractivity contribution >= 4 is 23.2 Å². The van der Waals surface area contributed by atoms with Gasteiger partial charge in [-0.1, -0.05) is 11.6 Å². The Labute approximate surface area is 196 Å². The molecule has 0 aliphatic rings. The van der Waals surface area contributed by atoms with Crippen LogP contribution in [0.2, 0.25) is 5.02 Å². The monoisotopic (exact) mass is 467 g/mol. The minimum Gasteiger partial charge on any atom is -0.471 e. The van der Waals surface area contributed by atoms with Crippen LogP contribution in [0.1, 0.15) is 39.8 Å². The van der Waals surface area contributed by atoms with Crippen molar-refractivity contribution < 1.29 is 9.53 Å². The van der Waals surface area contributed by atoms with Gasteiger partial charge in [-0.05, 0) is 57.0 Å². The van der Waals surface area contributed by atoms with Gasteiger partial charge in [-0.15, -0.1) is 0 Å². The van der Waals surface area contributed by atoms with Crippen LogP contribution in [0.3, 0.4) is 0 Å². The smallest absolute Gasteiger partial charge is 0.276 e. The predicted octanol–water partition coefficient (Wildman–Crippen LogP) is 4.21. The standard InChI is InChI=1S/C23H26ClN7O2/c1-5-31-17(4)18(10-26-31)12-30-13-19(11-25-30)27-23(32)21-6-7-29(28-21)14-33-20-8-15(2)22(24)16(3)9-20/h6-11,13H,5,12,14H2,1-4H3,(H,27,32). The van der Waals surface area contributed by atoms with Gasteiger partial charge >= 0.3 is 0 Å². The lowest BCUT2D eigenvalue weighted by Crippen LogP contribution is -2.14. The number of aromatic nitrogens is 6. The molecule has 1 aromatic carbocycles. The first-order valence-electron chi connectivity index (χ1n) is 10.6. The van der Waals surface area contributed by atoms with Crippen LogP contribution in [0.5, 0.6) is 5.75 Å². The molecule has 9 nitrogen and oxygen atoms in total. The molecule has 0 saturated heterocycles. The number of ether oxygens (including phenoxy) is 1. The summed E-state index contributed by atoms with van der Waals surface area (Å²) >= 11 is 6.20. The molecule has 0 atom stereocenters. The Morgan fingerprint density at radius 1 is 1.12 bits per heavy atom. The van der Waals surface area contributed by atoms with Crippen molar-refractivity contribution in [2.75, 3.05) is 5.32 Å². The minimum absolute atomic E-state index is 0.177. The van der Waals surface area contributed by atoms with E-state index in [4.69, 9.17) is 16.3 Å². The van der Waals surface area contributed by atoms with Crippen molar-refractivity contribution in [3.63, 3.8) is 0 Å². The third-order valence-corrected chi connectivity index (χ3v) is 5.97. The fraction of sp³-hybridized carbons (Fsp3) is 0.304. The molecule has 0 spiro atoms. The normalized spacial score (nSPS) is 11.1. The molecule has 3 heterocycles. The van der Waals surface area contributed by atoms with E-state index in [0.29, 0.717) is 18.0 Å². The van der Waals surface area contributed by atoms with Crippen LogP contribution >= 0.6 is 11.6 Å². The van der Waals surface area contributed by atoms with Crippen molar-refractivity contribution in [2.24, 2.45) is 0 Å². The summed E-state index contributed by atoms with van der Waals surface area (Å²) in [7, 11) is 0. The zero-order chi connectivity index (χ0) is 23.5. The van der Waals surface area contributed by atoms with Crippen LogP contribution in [-0.4, -0.2) is 35.2 Å². The van der Waals surface area contributed by atoms with Crippen LogP contribution in [0.15, 0.2) is 43.0 Å². The molecule has 0 unspecified atom stereocenters. The summed E-state index contributed by atoms with van der Waals surface area (Å²) in [6.45, 7) is 9.53. The molecule has 0 bridgehead atoms. The third kappa shape index (κ3) is 5.09. The van der Waals surface area contributed by atoms with E-state index in [0.717, 1.165) is 34.0 Å². The molecule has 0 fully saturated rings. The molecule has 33 heavy (non-hydrogen) atoms. The largest absolute Gasteiger partial charge is 0.471 e. The van der Waals surface area contributed by atoms with E-state index in [9.17, 15) is 4.79 Å². The number of aryl methyl sites for hydroxylation is 3. The van der Waals surface area contributed by atoms with Crippen molar-refractivity contribution in [3.8, 4) is 5.75 Å². The van der Waals surface area contributed by atoms with Gasteiger partial charge in [0.05, 0.1) is 24.6 Å². The fourth-order valence-corrected chi connectivity index (χ4v) is 3.64. The maximum absolute atomic E-state index is 12.6. The maximum atomic E-state index is 12.6. The average Bonchev–Trinajstić information content (AvgIpc) is 3.52. The van der Waals surface area contributed by atoms with Crippen molar-refractivity contribution in [1.82, 2.24) is 29.3 Å². The number of hydrogen-bond donors (Lipinski definition) is 1. The molecule has 172 valence electrons. The van der Waals surface area contributed by atoms with Crippen LogP contribution in [-0.2, 0) is 19.8 Å². The number of carbonyl (C=O) groups is 1. The zero-order valence-corrected chi connectivity index (χ0v) is 19.8. The van der Waals surface area contributed by atoms with Crippen molar-refractivity contribution in [3.05, 3.63) is 76.1 Å². The van der Waals surface area contributed by atoms with Gasteiger partial charge in [0, 0.05) is 35.2 Å².